The third-order valence-corrected chi connectivity index (χ3v) is 9.59. The molecular weight excluding hydrogens is 923 g/mol. The first kappa shape index (κ1) is 41.7. The minimum absolute atomic E-state index is 0. The van der Waals surface area contributed by atoms with Crippen LogP contribution in [0.2, 0.25) is 0 Å². The average molecular weight is 931 g/mol. The Morgan fingerprint density at radius 3 is 0.938 bits per heavy atom. The molecule has 65 heavy (non-hydrogen) atoms. The SMILES string of the molecule is O=[N+]([O-])c1cc2c(c([N+](=O)[O-])c1)-c1nc-2nc2[n-]c(nc3nc(nc4[n-]c(n1)c1cc([N+](=O)[O-])cc([N+](=O)[O-])c41)-c1cc([N+](=O)[O-])cc([N+](=O)[O-])c1-3)c1cc([N+](=O)[O-])cc([N+](=O)[O-])c21.[Ni+2]. The Balaban J connectivity index is 0.00000576. The number of nitrogens with zero attached hydrogens (tertiary/aromatic N) is 16. The second kappa shape index (κ2) is 14.5. The Morgan fingerprint density at radius 1 is 0.338 bits per heavy atom. The van der Waals surface area contributed by atoms with Crippen LogP contribution >= 0.6 is 0 Å². The number of aromatic nitrogens is 8. The molecule has 0 aliphatic carbocycles. The first-order chi connectivity index (χ1) is 30.3. The van der Waals surface area contributed by atoms with Gasteiger partial charge in [-0.05, 0) is 0 Å². The smallest absolute Gasteiger partial charge is 0.357 e. The maximum atomic E-state index is 12.5. The van der Waals surface area contributed by atoms with Crippen molar-refractivity contribution in [3.8, 4) is 45.6 Å². The number of non-ortho nitro benzene ring substituents is 6. The summed E-state index contributed by atoms with van der Waals surface area (Å²) in [6.45, 7) is 0. The van der Waals surface area contributed by atoms with E-state index >= 15 is 0 Å². The van der Waals surface area contributed by atoms with Crippen molar-refractivity contribution < 1.29 is 55.9 Å². The molecular formula is C32H8N16NiO16. The van der Waals surface area contributed by atoms with E-state index in [-0.39, 0.29) is 16.5 Å². The molecule has 32 nitrogen and oxygen atoms in total. The quantitative estimate of drug-likeness (QED) is 0.105. The molecule has 0 saturated carbocycles. The van der Waals surface area contributed by atoms with Crippen molar-refractivity contribution >= 4 is 89.6 Å². The van der Waals surface area contributed by atoms with E-state index in [1.807, 2.05) is 0 Å². The summed E-state index contributed by atoms with van der Waals surface area (Å²) in [6, 6.07) is 5.08. The van der Waals surface area contributed by atoms with Gasteiger partial charge < -0.3 is 29.9 Å². The summed E-state index contributed by atoms with van der Waals surface area (Å²) < 4.78 is 0. The Bertz CT molecular complexity index is 3450. The normalized spacial score (nSPS) is 11.3. The van der Waals surface area contributed by atoms with Gasteiger partial charge in [-0.1, -0.05) is 0 Å². The molecule has 5 heterocycles. The fraction of sp³-hybridized carbons (Fsp3) is 0. The van der Waals surface area contributed by atoms with Crippen LogP contribution < -0.4 is 9.97 Å². The Hall–Kier alpha value is -10.1. The average Bonchev–Trinajstić information content (AvgIpc) is 3.97. The first-order valence-electron chi connectivity index (χ1n) is 16.9. The van der Waals surface area contributed by atoms with Gasteiger partial charge in [0.25, 0.3) is 45.5 Å². The maximum Gasteiger partial charge on any atom is 2.00 e. The van der Waals surface area contributed by atoms with Gasteiger partial charge in [0.1, 0.15) is 0 Å². The van der Waals surface area contributed by atoms with Gasteiger partial charge in [0.2, 0.25) is 0 Å². The van der Waals surface area contributed by atoms with Crippen LogP contribution in [0.1, 0.15) is 0 Å². The fourth-order valence-electron chi connectivity index (χ4n) is 7.02. The summed E-state index contributed by atoms with van der Waals surface area (Å²) >= 11 is 0. The number of nitro groups is 8. The molecule has 0 atom stereocenters. The van der Waals surface area contributed by atoms with E-state index in [9.17, 15) is 80.9 Å². The van der Waals surface area contributed by atoms with Crippen molar-refractivity contribution in [2.24, 2.45) is 0 Å². The van der Waals surface area contributed by atoms with Crippen LogP contribution in [-0.4, -0.2) is 69.3 Å². The molecule has 0 unspecified atom stereocenters. The maximum absolute atomic E-state index is 12.5. The summed E-state index contributed by atoms with van der Waals surface area (Å²) in [6.07, 6.45) is 0. The molecule has 0 N–H and O–H groups in total. The predicted molar refractivity (Wildman–Crippen MR) is 207 cm³/mol. The van der Waals surface area contributed by atoms with Gasteiger partial charge in [-0.3, -0.25) is 80.9 Å². The molecule has 33 heteroatoms. The molecule has 0 saturated heterocycles. The number of benzene rings is 4. The number of hydrogen-bond donors (Lipinski definition) is 0. The molecule has 3 aromatic heterocycles. The fourth-order valence-corrected chi connectivity index (χ4v) is 7.02. The topological polar surface area (TPSA) is 451 Å². The Kier molecular flexibility index (Phi) is 9.32. The van der Waals surface area contributed by atoms with E-state index in [1.54, 1.807) is 0 Å². The molecule has 9 rings (SSSR count). The molecule has 2 aliphatic heterocycles. The van der Waals surface area contributed by atoms with E-state index < -0.39 is 175 Å². The van der Waals surface area contributed by atoms with Crippen LogP contribution in [0.4, 0.5) is 45.5 Å². The summed E-state index contributed by atoms with van der Waals surface area (Å²) in [5.74, 6) is -2.99. The molecule has 0 spiro atoms. The van der Waals surface area contributed by atoms with Gasteiger partial charge in [0, 0.05) is 68.8 Å². The third-order valence-electron chi connectivity index (χ3n) is 9.59. The van der Waals surface area contributed by atoms with E-state index in [1.165, 1.54) is 0 Å². The standard InChI is InChI=1S/C32H8N16O16.Ni/c49-41(50)9-1-13-21(17(5-9)45(57)58)29-33-25(13)37-30-22-14(2-10(42(51)52)6-18(22)46(59)60)27(34-30)39-32-24-16(4-12(44(55)56)8-20(24)48(63)64)28(36-32)40-31-23-15(26(35-31)38-29)3-11(43(53)54)7-19(23)47(61)62;/h1-8H;/q-2;+2. The summed E-state index contributed by atoms with van der Waals surface area (Å²) in [4.78, 5) is 123. The number of hydrogen-bond acceptors (Lipinski definition) is 22. The zero-order valence-electron chi connectivity index (χ0n) is 30.6. The van der Waals surface area contributed by atoms with Crippen molar-refractivity contribution in [1.29, 1.82) is 0 Å². The third kappa shape index (κ3) is 6.47. The van der Waals surface area contributed by atoms with E-state index in [2.05, 4.69) is 39.9 Å². The zero-order chi connectivity index (χ0) is 45.8. The van der Waals surface area contributed by atoms with Gasteiger partial charge in [0.05, 0.1) is 109 Å². The second-order valence-corrected chi connectivity index (χ2v) is 13.1. The minimum atomic E-state index is -1.08. The second-order valence-electron chi connectivity index (χ2n) is 13.1. The molecule has 0 amide bonds. The number of nitro benzene ring substituents is 8. The van der Waals surface area contributed by atoms with E-state index in [0.717, 1.165) is 24.3 Å². The largest absolute Gasteiger partial charge is 2.00 e. The van der Waals surface area contributed by atoms with Crippen molar-refractivity contribution in [3.63, 3.8) is 0 Å². The first-order valence-corrected chi connectivity index (χ1v) is 16.9. The Labute approximate surface area is 359 Å². The molecule has 4 aromatic carbocycles. The minimum Gasteiger partial charge on any atom is -0.357 e. The molecule has 8 bridgehead atoms. The van der Waals surface area contributed by atoms with Crippen LogP contribution in [0.3, 0.4) is 0 Å². The zero-order valence-corrected chi connectivity index (χ0v) is 31.6. The van der Waals surface area contributed by atoms with E-state index in [0.29, 0.717) is 24.3 Å². The molecule has 2 aliphatic rings. The number of fused-ring (bicyclic) bond motifs is 20. The van der Waals surface area contributed by atoms with Crippen LogP contribution in [0.15, 0.2) is 48.5 Å². The summed E-state index contributed by atoms with van der Waals surface area (Å²) in [7, 11) is 0. The molecule has 0 fully saturated rings. The van der Waals surface area contributed by atoms with Gasteiger partial charge in [-0.2, -0.15) is 0 Å². The van der Waals surface area contributed by atoms with Crippen LogP contribution in [0, 0.1) is 80.9 Å². The molecule has 7 aromatic rings. The van der Waals surface area contributed by atoms with Gasteiger partial charge in [0.15, 0.2) is 0 Å². The van der Waals surface area contributed by atoms with Crippen molar-refractivity contribution in [2.75, 3.05) is 0 Å². The van der Waals surface area contributed by atoms with Crippen LogP contribution in [-0.2, 0) is 16.5 Å². The van der Waals surface area contributed by atoms with Crippen LogP contribution in [0.25, 0.3) is 89.7 Å². The van der Waals surface area contributed by atoms with Gasteiger partial charge >= 0.3 is 16.5 Å². The van der Waals surface area contributed by atoms with Crippen LogP contribution in [0.5, 0.6) is 0 Å². The van der Waals surface area contributed by atoms with Gasteiger partial charge in [-0.15, -0.1) is 0 Å². The van der Waals surface area contributed by atoms with E-state index in [4.69, 9.17) is 0 Å². The Morgan fingerprint density at radius 2 is 0.631 bits per heavy atom. The monoisotopic (exact) mass is 930 g/mol. The summed E-state index contributed by atoms with van der Waals surface area (Å²) in [5, 5.41) is 95.7. The van der Waals surface area contributed by atoms with Crippen molar-refractivity contribution in [2.45, 2.75) is 0 Å². The molecule has 0 radical (unpaired) electrons. The van der Waals surface area contributed by atoms with Crippen molar-refractivity contribution in [1.82, 2.24) is 39.9 Å². The predicted octanol–water partition coefficient (Wildman–Crippen LogP) is 5.39. The molecule has 322 valence electrons. The number of rotatable bonds is 8. The van der Waals surface area contributed by atoms with Crippen molar-refractivity contribution in [3.05, 3.63) is 129 Å². The van der Waals surface area contributed by atoms with Gasteiger partial charge in [-0.25, -0.2) is 9.97 Å². The summed E-state index contributed by atoms with van der Waals surface area (Å²) in [5.41, 5.74) is -13.1.